The van der Waals surface area contributed by atoms with Gasteiger partial charge in [-0.3, -0.25) is 4.79 Å². The summed E-state index contributed by atoms with van der Waals surface area (Å²) < 4.78 is 2.35. The van der Waals surface area contributed by atoms with Crippen LogP contribution in [0.25, 0.3) is 11.0 Å². The van der Waals surface area contributed by atoms with Gasteiger partial charge in [0.25, 0.3) is 0 Å². The maximum atomic E-state index is 13.1. The van der Waals surface area contributed by atoms with Gasteiger partial charge in [-0.2, -0.15) is 0 Å². The van der Waals surface area contributed by atoms with Gasteiger partial charge in [0.2, 0.25) is 5.91 Å². The van der Waals surface area contributed by atoms with E-state index in [0.717, 1.165) is 53.1 Å². The van der Waals surface area contributed by atoms with E-state index in [1.807, 2.05) is 11.0 Å². The summed E-state index contributed by atoms with van der Waals surface area (Å²) in [6.45, 7) is 5.76. The molecule has 0 spiro atoms. The van der Waals surface area contributed by atoms with Crippen LogP contribution in [0.15, 0.2) is 72.8 Å². The van der Waals surface area contributed by atoms with Gasteiger partial charge in [-0.15, -0.1) is 0 Å². The van der Waals surface area contributed by atoms with Crippen LogP contribution < -0.4 is 4.90 Å². The van der Waals surface area contributed by atoms with Crippen molar-refractivity contribution in [3.8, 4) is 0 Å². The predicted octanol–water partition coefficient (Wildman–Crippen LogP) is 5.81. The lowest BCUT2D eigenvalue weighted by Crippen LogP contribution is -2.26. The van der Waals surface area contributed by atoms with Crippen molar-refractivity contribution in [3.05, 3.63) is 95.3 Å². The number of para-hydroxylation sites is 3. The molecule has 2 heterocycles. The zero-order chi connectivity index (χ0) is 22.1. The molecule has 0 radical (unpaired) electrons. The highest BCUT2D eigenvalue weighted by molar-refractivity contribution is 5.98. The van der Waals surface area contributed by atoms with E-state index in [9.17, 15) is 4.79 Å². The lowest BCUT2D eigenvalue weighted by Gasteiger charge is -2.21. The van der Waals surface area contributed by atoms with E-state index in [1.54, 1.807) is 0 Å². The SMILES string of the molecule is Cc1cccc(C)c1N1C[C@@H](c2nc3ccccc3n2CCCc2ccccc2)CC1=O. The first-order valence-corrected chi connectivity index (χ1v) is 11.5. The summed E-state index contributed by atoms with van der Waals surface area (Å²) in [7, 11) is 0. The average Bonchev–Trinajstić information content (AvgIpc) is 3.35. The minimum Gasteiger partial charge on any atom is -0.328 e. The minimum atomic E-state index is 0.102. The van der Waals surface area contributed by atoms with Crippen LogP contribution in [-0.4, -0.2) is 22.0 Å². The Labute approximate surface area is 189 Å². The number of anilines is 1. The molecule has 0 aliphatic carbocycles. The van der Waals surface area contributed by atoms with Gasteiger partial charge in [0.1, 0.15) is 5.82 Å². The molecule has 1 saturated heterocycles. The fourth-order valence-electron chi connectivity index (χ4n) is 5.05. The molecule has 0 bridgehead atoms. The smallest absolute Gasteiger partial charge is 0.227 e. The highest BCUT2D eigenvalue weighted by atomic mass is 16.2. The third-order valence-electron chi connectivity index (χ3n) is 6.57. The number of amides is 1. The van der Waals surface area contributed by atoms with Gasteiger partial charge < -0.3 is 9.47 Å². The van der Waals surface area contributed by atoms with E-state index in [-0.39, 0.29) is 11.8 Å². The molecule has 0 unspecified atom stereocenters. The second kappa shape index (κ2) is 8.62. The standard InChI is InChI=1S/C28H29N3O/c1-20-10-8-11-21(2)27(20)31-19-23(18-26(31)32)28-29-24-15-6-7-16-25(24)30(28)17-9-14-22-12-4-3-5-13-22/h3-8,10-13,15-16,23H,9,14,17-19H2,1-2H3/t23-/m0/s1. The molecule has 3 aromatic carbocycles. The van der Waals surface area contributed by atoms with E-state index in [2.05, 4.69) is 85.1 Å². The van der Waals surface area contributed by atoms with Crippen LogP contribution >= 0.6 is 0 Å². The number of aromatic nitrogens is 2. The molecule has 162 valence electrons. The monoisotopic (exact) mass is 423 g/mol. The predicted molar refractivity (Wildman–Crippen MR) is 130 cm³/mol. The van der Waals surface area contributed by atoms with Gasteiger partial charge in [-0.25, -0.2) is 4.98 Å². The van der Waals surface area contributed by atoms with Gasteiger partial charge in [-0.05, 0) is 55.5 Å². The third kappa shape index (κ3) is 3.81. The molecule has 1 fully saturated rings. The van der Waals surface area contributed by atoms with Crippen molar-refractivity contribution in [2.75, 3.05) is 11.4 Å². The molecule has 0 saturated carbocycles. The van der Waals surface area contributed by atoms with E-state index >= 15 is 0 Å². The molecule has 4 aromatic rings. The Bertz CT molecular complexity index is 1240. The number of aryl methyl sites for hydroxylation is 4. The molecule has 4 heteroatoms. The van der Waals surface area contributed by atoms with Crippen molar-refractivity contribution in [1.29, 1.82) is 0 Å². The largest absolute Gasteiger partial charge is 0.328 e. The summed E-state index contributed by atoms with van der Waals surface area (Å²) in [5.74, 6) is 1.34. The van der Waals surface area contributed by atoms with Crippen LogP contribution in [0, 0.1) is 13.8 Å². The van der Waals surface area contributed by atoms with Gasteiger partial charge in [0.05, 0.1) is 11.0 Å². The Morgan fingerprint density at radius 2 is 1.62 bits per heavy atom. The van der Waals surface area contributed by atoms with Crippen LogP contribution in [-0.2, 0) is 17.8 Å². The first kappa shape index (κ1) is 20.5. The molecular formula is C28H29N3O. The van der Waals surface area contributed by atoms with Crippen molar-refractivity contribution in [2.45, 2.75) is 45.6 Å². The van der Waals surface area contributed by atoms with E-state index in [0.29, 0.717) is 13.0 Å². The first-order valence-electron chi connectivity index (χ1n) is 11.5. The van der Waals surface area contributed by atoms with E-state index < -0.39 is 0 Å². The van der Waals surface area contributed by atoms with Crippen LogP contribution in [0.1, 0.15) is 41.3 Å². The Morgan fingerprint density at radius 1 is 0.906 bits per heavy atom. The van der Waals surface area contributed by atoms with Crippen molar-refractivity contribution in [3.63, 3.8) is 0 Å². The lowest BCUT2D eigenvalue weighted by atomic mass is 10.1. The molecule has 4 nitrogen and oxygen atoms in total. The fourth-order valence-corrected chi connectivity index (χ4v) is 5.05. The Hall–Kier alpha value is -3.40. The molecule has 1 amide bonds. The van der Waals surface area contributed by atoms with E-state index in [4.69, 9.17) is 4.98 Å². The number of carbonyl (C=O) groups excluding carboxylic acids is 1. The van der Waals surface area contributed by atoms with Crippen molar-refractivity contribution >= 4 is 22.6 Å². The summed E-state index contributed by atoms with van der Waals surface area (Å²) >= 11 is 0. The molecular weight excluding hydrogens is 394 g/mol. The molecule has 0 N–H and O–H groups in total. The number of nitrogens with zero attached hydrogens (tertiary/aromatic N) is 3. The van der Waals surface area contributed by atoms with E-state index in [1.165, 1.54) is 5.56 Å². The van der Waals surface area contributed by atoms with Gasteiger partial charge in [0.15, 0.2) is 0 Å². The maximum absolute atomic E-state index is 13.1. The lowest BCUT2D eigenvalue weighted by molar-refractivity contribution is -0.117. The van der Waals surface area contributed by atoms with Crippen LogP contribution in [0.5, 0.6) is 0 Å². The van der Waals surface area contributed by atoms with Gasteiger partial charge in [-0.1, -0.05) is 60.7 Å². The van der Waals surface area contributed by atoms with Gasteiger partial charge >= 0.3 is 0 Å². The number of imidazole rings is 1. The fraction of sp³-hybridized carbons (Fsp3) is 0.286. The highest BCUT2D eigenvalue weighted by Gasteiger charge is 2.35. The Balaban J connectivity index is 1.44. The molecule has 1 atom stereocenters. The van der Waals surface area contributed by atoms with Crippen molar-refractivity contribution in [1.82, 2.24) is 9.55 Å². The number of fused-ring (bicyclic) bond motifs is 1. The summed E-state index contributed by atoms with van der Waals surface area (Å²) in [4.78, 5) is 20.1. The Kier molecular flexibility index (Phi) is 5.52. The number of rotatable bonds is 6. The van der Waals surface area contributed by atoms with Crippen LogP contribution in [0.3, 0.4) is 0 Å². The molecule has 5 rings (SSSR count). The molecule has 32 heavy (non-hydrogen) atoms. The topological polar surface area (TPSA) is 38.1 Å². The normalized spacial score (nSPS) is 16.2. The number of carbonyl (C=O) groups is 1. The summed E-state index contributed by atoms with van der Waals surface area (Å²) in [6.07, 6.45) is 2.58. The summed E-state index contributed by atoms with van der Waals surface area (Å²) in [5, 5.41) is 0. The highest BCUT2D eigenvalue weighted by Crippen LogP contribution is 2.36. The van der Waals surface area contributed by atoms with Gasteiger partial charge in [0, 0.05) is 31.1 Å². The maximum Gasteiger partial charge on any atom is 0.227 e. The quantitative estimate of drug-likeness (QED) is 0.393. The second-order valence-corrected chi connectivity index (χ2v) is 8.85. The molecule has 1 aliphatic heterocycles. The zero-order valence-corrected chi connectivity index (χ0v) is 18.8. The third-order valence-corrected chi connectivity index (χ3v) is 6.57. The zero-order valence-electron chi connectivity index (χ0n) is 18.8. The molecule has 1 aromatic heterocycles. The number of hydrogen-bond acceptors (Lipinski definition) is 2. The number of benzene rings is 3. The van der Waals surface area contributed by atoms with Crippen LogP contribution in [0.2, 0.25) is 0 Å². The second-order valence-electron chi connectivity index (χ2n) is 8.85. The van der Waals surface area contributed by atoms with Crippen LogP contribution in [0.4, 0.5) is 5.69 Å². The molecule has 1 aliphatic rings. The summed E-state index contributed by atoms with van der Waals surface area (Å²) in [5.41, 5.74) is 6.89. The Morgan fingerprint density at radius 3 is 2.41 bits per heavy atom. The average molecular weight is 424 g/mol. The van der Waals surface area contributed by atoms with Crippen molar-refractivity contribution < 1.29 is 4.79 Å². The number of hydrogen-bond donors (Lipinski definition) is 0. The summed E-state index contributed by atoms with van der Waals surface area (Å²) in [6, 6.07) is 25.2. The van der Waals surface area contributed by atoms with Crippen molar-refractivity contribution in [2.24, 2.45) is 0 Å². The minimum absolute atomic E-state index is 0.102. The first-order chi connectivity index (χ1) is 15.6.